The molecule has 0 saturated carbocycles. The number of halogens is 1. The summed E-state index contributed by atoms with van der Waals surface area (Å²) in [5.41, 5.74) is 2.49. The maximum absolute atomic E-state index is 10.4. The van der Waals surface area contributed by atoms with Crippen molar-refractivity contribution in [2.45, 2.75) is 18.9 Å². The van der Waals surface area contributed by atoms with Gasteiger partial charge in [-0.15, -0.1) is 0 Å². The van der Waals surface area contributed by atoms with Gasteiger partial charge < -0.3 is 10.4 Å². The van der Waals surface area contributed by atoms with Gasteiger partial charge in [0.2, 0.25) is 0 Å². The second-order valence-electron chi connectivity index (χ2n) is 3.79. The molecule has 0 fully saturated rings. The third-order valence-corrected chi connectivity index (χ3v) is 2.88. The minimum atomic E-state index is -0.816. The average molecular weight is 226 g/mol. The summed E-state index contributed by atoms with van der Waals surface area (Å²) in [5.74, 6) is -0.816. The second kappa shape index (κ2) is 4.21. The van der Waals surface area contributed by atoms with Gasteiger partial charge in [-0.2, -0.15) is 0 Å². The molecule has 0 radical (unpaired) electrons. The average Bonchev–Trinajstić information content (AvgIpc) is 2.56. The molecule has 0 amide bonds. The first-order valence-corrected chi connectivity index (χ1v) is 5.25. The van der Waals surface area contributed by atoms with Gasteiger partial charge in [-0.05, 0) is 36.1 Å². The molecule has 0 bridgehead atoms. The summed E-state index contributed by atoms with van der Waals surface area (Å²) in [6, 6.07) is 6.08. The molecule has 1 unspecified atom stereocenters. The van der Waals surface area contributed by atoms with Crippen LogP contribution in [0.2, 0.25) is 5.02 Å². The molecule has 3 nitrogen and oxygen atoms in total. The smallest absolute Gasteiger partial charge is 0.317 e. The molecule has 2 N–H and O–H groups in total. The number of carboxylic acids is 1. The Morgan fingerprint density at radius 3 is 2.93 bits per heavy atom. The van der Waals surface area contributed by atoms with Crippen LogP contribution >= 0.6 is 11.6 Å². The molecule has 4 heteroatoms. The van der Waals surface area contributed by atoms with E-state index < -0.39 is 5.97 Å². The number of rotatable bonds is 3. The molecule has 1 aromatic carbocycles. The Kier molecular flexibility index (Phi) is 2.93. The number of benzene rings is 1. The molecule has 15 heavy (non-hydrogen) atoms. The number of carboxylic acid groups (broad SMARTS) is 1. The van der Waals surface area contributed by atoms with Crippen LogP contribution in [0.25, 0.3) is 0 Å². The lowest BCUT2D eigenvalue weighted by Gasteiger charge is -2.08. The van der Waals surface area contributed by atoms with Gasteiger partial charge in [0.1, 0.15) is 0 Å². The van der Waals surface area contributed by atoms with Crippen molar-refractivity contribution in [2.75, 3.05) is 6.54 Å². The zero-order valence-electron chi connectivity index (χ0n) is 8.16. The molecule has 1 aliphatic carbocycles. The SMILES string of the molecule is O=C(O)CNC1Cc2ccc(Cl)cc2C1. The van der Waals surface area contributed by atoms with Crippen LogP contribution in [0, 0.1) is 0 Å². The number of fused-ring (bicyclic) bond motifs is 1. The van der Waals surface area contributed by atoms with Crippen molar-refractivity contribution in [1.29, 1.82) is 0 Å². The van der Waals surface area contributed by atoms with Gasteiger partial charge in [0.25, 0.3) is 0 Å². The highest BCUT2D eigenvalue weighted by molar-refractivity contribution is 6.30. The van der Waals surface area contributed by atoms with Crippen LogP contribution in [0.1, 0.15) is 11.1 Å². The molecular formula is C11H12ClNO2. The fourth-order valence-electron chi connectivity index (χ4n) is 1.96. The number of carbonyl (C=O) groups is 1. The van der Waals surface area contributed by atoms with Crippen molar-refractivity contribution < 1.29 is 9.90 Å². The number of nitrogens with one attached hydrogen (secondary N) is 1. The monoisotopic (exact) mass is 225 g/mol. The number of hydrogen-bond donors (Lipinski definition) is 2. The number of hydrogen-bond acceptors (Lipinski definition) is 2. The third-order valence-electron chi connectivity index (χ3n) is 2.64. The second-order valence-corrected chi connectivity index (χ2v) is 4.23. The van der Waals surface area contributed by atoms with E-state index in [4.69, 9.17) is 16.7 Å². The van der Waals surface area contributed by atoms with Crippen LogP contribution in [0.4, 0.5) is 0 Å². The summed E-state index contributed by atoms with van der Waals surface area (Å²) in [6.45, 7) is 0.0202. The lowest BCUT2D eigenvalue weighted by Crippen LogP contribution is -2.33. The maximum atomic E-state index is 10.4. The standard InChI is InChI=1S/C11H12ClNO2/c12-9-2-1-7-4-10(5-8(7)3-9)13-6-11(14)15/h1-3,10,13H,4-6H2,(H,14,15). The topological polar surface area (TPSA) is 49.3 Å². The van der Waals surface area contributed by atoms with E-state index in [-0.39, 0.29) is 12.6 Å². The summed E-state index contributed by atoms with van der Waals surface area (Å²) < 4.78 is 0. The predicted octanol–water partition coefficient (Wildman–Crippen LogP) is 1.48. The summed E-state index contributed by atoms with van der Waals surface area (Å²) >= 11 is 5.88. The molecule has 2 rings (SSSR count). The summed E-state index contributed by atoms with van der Waals surface area (Å²) in [5, 5.41) is 12.3. The molecule has 0 aromatic heterocycles. The highest BCUT2D eigenvalue weighted by Crippen LogP contribution is 2.25. The summed E-state index contributed by atoms with van der Waals surface area (Å²) in [6.07, 6.45) is 1.75. The van der Waals surface area contributed by atoms with E-state index >= 15 is 0 Å². The van der Waals surface area contributed by atoms with Gasteiger partial charge in [0, 0.05) is 11.1 Å². The highest BCUT2D eigenvalue weighted by atomic mass is 35.5. The van der Waals surface area contributed by atoms with Crippen molar-refractivity contribution in [1.82, 2.24) is 5.32 Å². The zero-order valence-corrected chi connectivity index (χ0v) is 8.92. The Morgan fingerprint density at radius 2 is 2.20 bits per heavy atom. The Morgan fingerprint density at radius 1 is 1.47 bits per heavy atom. The number of aliphatic carboxylic acids is 1. The molecule has 0 saturated heterocycles. The molecular weight excluding hydrogens is 214 g/mol. The largest absolute Gasteiger partial charge is 0.480 e. The van der Waals surface area contributed by atoms with E-state index in [0.29, 0.717) is 0 Å². The molecule has 0 spiro atoms. The van der Waals surface area contributed by atoms with Crippen molar-refractivity contribution in [2.24, 2.45) is 0 Å². The zero-order chi connectivity index (χ0) is 10.8. The Balaban J connectivity index is 2.00. The van der Waals surface area contributed by atoms with Gasteiger partial charge in [-0.25, -0.2) is 0 Å². The fraction of sp³-hybridized carbons (Fsp3) is 0.364. The molecule has 0 aliphatic heterocycles. The first-order chi connectivity index (χ1) is 7.15. The van der Waals surface area contributed by atoms with Crippen LogP contribution in [-0.2, 0) is 17.6 Å². The third kappa shape index (κ3) is 2.49. The normalized spacial score (nSPS) is 18.9. The Hall–Kier alpha value is -1.06. The van der Waals surface area contributed by atoms with E-state index in [2.05, 4.69) is 5.32 Å². The molecule has 1 atom stereocenters. The molecule has 1 aliphatic rings. The summed E-state index contributed by atoms with van der Waals surface area (Å²) in [4.78, 5) is 10.4. The lowest BCUT2D eigenvalue weighted by atomic mass is 10.1. The molecule has 80 valence electrons. The van der Waals surface area contributed by atoms with Crippen molar-refractivity contribution >= 4 is 17.6 Å². The van der Waals surface area contributed by atoms with Crippen LogP contribution in [0.3, 0.4) is 0 Å². The van der Waals surface area contributed by atoms with E-state index in [1.165, 1.54) is 11.1 Å². The van der Waals surface area contributed by atoms with Crippen LogP contribution < -0.4 is 5.32 Å². The Bertz CT molecular complexity index is 392. The lowest BCUT2D eigenvalue weighted by molar-refractivity contribution is -0.136. The van der Waals surface area contributed by atoms with Crippen LogP contribution in [0.15, 0.2) is 18.2 Å². The minimum Gasteiger partial charge on any atom is -0.480 e. The van der Waals surface area contributed by atoms with Crippen molar-refractivity contribution in [3.05, 3.63) is 34.3 Å². The first-order valence-electron chi connectivity index (χ1n) is 4.87. The van der Waals surface area contributed by atoms with Gasteiger partial charge in [-0.3, -0.25) is 4.79 Å². The first kappa shape index (κ1) is 10.5. The molecule has 0 heterocycles. The fourth-order valence-corrected chi connectivity index (χ4v) is 2.16. The van der Waals surface area contributed by atoms with Crippen LogP contribution in [-0.4, -0.2) is 23.7 Å². The van der Waals surface area contributed by atoms with Crippen molar-refractivity contribution in [3.63, 3.8) is 0 Å². The van der Waals surface area contributed by atoms with Gasteiger partial charge in [0.15, 0.2) is 0 Å². The van der Waals surface area contributed by atoms with E-state index in [1.807, 2.05) is 18.2 Å². The van der Waals surface area contributed by atoms with Gasteiger partial charge >= 0.3 is 5.97 Å². The van der Waals surface area contributed by atoms with Crippen LogP contribution in [0.5, 0.6) is 0 Å². The van der Waals surface area contributed by atoms with Gasteiger partial charge in [0.05, 0.1) is 6.54 Å². The minimum absolute atomic E-state index is 0.0202. The maximum Gasteiger partial charge on any atom is 0.317 e. The quantitative estimate of drug-likeness (QED) is 0.820. The van der Waals surface area contributed by atoms with E-state index in [0.717, 1.165) is 17.9 Å². The van der Waals surface area contributed by atoms with Crippen molar-refractivity contribution in [3.8, 4) is 0 Å². The van der Waals surface area contributed by atoms with E-state index in [1.54, 1.807) is 0 Å². The summed E-state index contributed by atoms with van der Waals surface area (Å²) in [7, 11) is 0. The van der Waals surface area contributed by atoms with E-state index in [9.17, 15) is 4.79 Å². The molecule has 1 aromatic rings. The van der Waals surface area contributed by atoms with Gasteiger partial charge in [-0.1, -0.05) is 17.7 Å². The Labute approximate surface area is 93.1 Å². The highest BCUT2D eigenvalue weighted by Gasteiger charge is 2.21. The predicted molar refractivity (Wildman–Crippen MR) is 58.3 cm³/mol.